The fourth-order valence-corrected chi connectivity index (χ4v) is 1.16. The van der Waals surface area contributed by atoms with Crippen molar-refractivity contribution in [1.82, 2.24) is 0 Å². The van der Waals surface area contributed by atoms with Crippen molar-refractivity contribution in [2.75, 3.05) is 11.9 Å². The Labute approximate surface area is 99.4 Å². The van der Waals surface area contributed by atoms with Crippen LogP contribution in [0.1, 0.15) is 13.8 Å². The second-order valence-electron chi connectivity index (χ2n) is 3.24. The molecule has 0 aromatic heterocycles. The SMILES string of the molecule is CCOc1ccc(NC(=O)C(C)S)cc1F. The van der Waals surface area contributed by atoms with Gasteiger partial charge in [-0.15, -0.1) is 0 Å². The van der Waals surface area contributed by atoms with Gasteiger partial charge in [-0.1, -0.05) is 0 Å². The summed E-state index contributed by atoms with van der Waals surface area (Å²) < 4.78 is 18.4. The van der Waals surface area contributed by atoms with E-state index < -0.39 is 11.1 Å². The second-order valence-corrected chi connectivity index (χ2v) is 4.02. The standard InChI is InChI=1S/C11H14FNO2S/c1-3-15-10-5-4-8(6-9(10)12)13-11(14)7(2)16/h4-7,16H,3H2,1-2H3,(H,13,14). The third-order valence-electron chi connectivity index (χ3n) is 1.88. The maximum absolute atomic E-state index is 13.4. The summed E-state index contributed by atoms with van der Waals surface area (Å²) in [6.07, 6.45) is 0. The Bertz CT molecular complexity index is 382. The zero-order chi connectivity index (χ0) is 12.1. The van der Waals surface area contributed by atoms with Gasteiger partial charge in [0.1, 0.15) is 0 Å². The van der Waals surface area contributed by atoms with Crippen molar-refractivity contribution < 1.29 is 13.9 Å². The highest BCUT2D eigenvalue weighted by Gasteiger charge is 2.10. The molecule has 88 valence electrons. The van der Waals surface area contributed by atoms with Crippen molar-refractivity contribution in [2.45, 2.75) is 19.1 Å². The molecule has 1 aromatic rings. The van der Waals surface area contributed by atoms with Gasteiger partial charge in [0, 0.05) is 11.8 Å². The summed E-state index contributed by atoms with van der Waals surface area (Å²) >= 11 is 3.97. The molecule has 1 unspecified atom stereocenters. The third kappa shape index (κ3) is 3.41. The Balaban J connectivity index is 2.77. The van der Waals surface area contributed by atoms with E-state index in [0.29, 0.717) is 12.3 Å². The molecule has 0 aliphatic heterocycles. The number of halogens is 1. The number of thiol groups is 1. The van der Waals surface area contributed by atoms with Gasteiger partial charge in [-0.05, 0) is 26.0 Å². The summed E-state index contributed by atoms with van der Waals surface area (Å²) in [5.74, 6) is -0.585. The Kier molecular flexibility index (Phi) is 4.61. The van der Waals surface area contributed by atoms with Crippen LogP contribution in [-0.2, 0) is 4.79 Å². The molecule has 1 amide bonds. The van der Waals surface area contributed by atoms with E-state index in [-0.39, 0.29) is 11.7 Å². The summed E-state index contributed by atoms with van der Waals surface area (Å²) in [5.41, 5.74) is 0.395. The van der Waals surface area contributed by atoms with Crippen LogP contribution in [0.2, 0.25) is 0 Å². The molecule has 0 fully saturated rings. The second kappa shape index (κ2) is 5.75. The number of hydrogen-bond donors (Lipinski definition) is 2. The van der Waals surface area contributed by atoms with Crippen LogP contribution in [0.15, 0.2) is 18.2 Å². The number of carbonyl (C=O) groups is 1. The van der Waals surface area contributed by atoms with E-state index in [1.54, 1.807) is 19.9 Å². The lowest BCUT2D eigenvalue weighted by Crippen LogP contribution is -2.20. The van der Waals surface area contributed by atoms with Crippen molar-refractivity contribution in [2.24, 2.45) is 0 Å². The highest BCUT2D eigenvalue weighted by atomic mass is 32.1. The Morgan fingerprint density at radius 2 is 2.31 bits per heavy atom. The molecule has 1 aromatic carbocycles. The Morgan fingerprint density at radius 3 is 2.81 bits per heavy atom. The number of amides is 1. The fourth-order valence-electron chi connectivity index (χ4n) is 1.10. The first-order valence-corrected chi connectivity index (χ1v) is 5.47. The molecule has 0 spiro atoms. The fraction of sp³-hybridized carbons (Fsp3) is 0.364. The van der Waals surface area contributed by atoms with E-state index in [2.05, 4.69) is 17.9 Å². The topological polar surface area (TPSA) is 38.3 Å². The molecule has 0 aliphatic rings. The largest absolute Gasteiger partial charge is 0.491 e. The minimum Gasteiger partial charge on any atom is -0.491 e. The number of benzene rings is 1. The van der Waals surface area contributed by atoms with E-state index in [9.17, 15) is 9.18 Å². The van der Waals surface area contributed by atoms with Gasteiger partial charge in [0.25, 0.3) is 0 Å². The molecule has 0 saturated heterocycles. The first-order chi connectivity index (χ1) is 7.54. The molecule has 0 saturated carbocycles. The summed E-state index contributed by atoms with van der Waals surface area (Å²) in [5, 5.41) is 2.11. The maximum atomic E-state index is 13.4. The quantitative estimate of drug-likeness (QED) is 0.797. The van der Waals surface area contributed by atoms with E-state index in [0.717, 1.165) is 0 Å². The predicted octanol–water partition coefficient (Wildman–Crippen LogP) is 2.48. The molecule has 1 N–H and O–H groups in total. The van der Waals surface area contributed by atoms with Crippen molar-refractivity contribution in [3.05, 3.63) is 24.0 Å². The smallest absolute Gasteiger partial charge is 0.236 e. The van der Waals surface area contributed by atoms with Crippen molar-refractivity contribution in [3.8, 4) is 5.75 Å². The van der Waals surface area contributed by atoms with Gasteiger partial charge in [0.05, 0.1) is 11.9 Å². The van der Waals surface area contributed by atoms with Crippen molar-refractivity contribution in [1.29, 1.82) is 0 Å². The average molecular weight is 243 g/mol. The minimum absolute atomic E-state index is 0.180. The molecular formula is C11H14FNO2S. The third-order valence-corrected chi connectivity index (χ3v) is 2.11. The Morgan fingerprint density at radius 1 is 1.62 bits per heavy atom. The van der Waals surface area contributed by atoms with Crippen LogP contribution in [0.4, 0.5) is 10.1 Å². The normalized spacial score (nSPS) is 12.0. The molecule has 0 heterocycles. The lowest BCUT2D eigenvalue weighted by Gasteiger charge is -2.09. The molecule has 5 heteroatoms. The van der Waals surface area contributed by atoms with Gasteiger partial charge in [-0.25, -0.2) is 4.39 Å². The summed E-state index contributed by atoms with van der Waals surface area (Å²) in [7, 11) is 0. The number of ether oxygens (including phenoxy) is 1. The molecule has 0 radical (unpaired) electrons. The monoisotopic (exact) mass is 243 g/mol. The van der Waals surface area contributed by atoms with Crippen molar-refractivity contribution in [3.63, 3.8) is 0 Å². The van der Waals surface area contributed by atoms with Crippen LogP contribution in [-0.4, -0.2) is 17.8 Å². The van der Waals surface area contributed by atoms with Crippen LogP contribution in [0.3, 0.4) is 0 Å². The first kappa shape index (κ1) is 12.8. The molecule has 0 aliphatic carbocycles. The Hall–Kier alpha value is -1.23. The van der Waals surface area contributed by atoms with Gasteiger partial charge in [0.2, 0.25) is 5.91 Å². The average Bonchev–Trinajstić information content (AvgIpc) is 2.22. The number of rotatable bonds is 4. The molecule has 3 nitrogen and oxygen atoms in total. The number of hydrogen-bond acceptors (Lipinski definition) is 3. The first-order valence-electron chi connectivity index (χ1n) is 4.96. The minimum atomic E-state index is -0.494. The van der Waals surface area contributed by atoms with E-state index in [1.165, 1.54) is 12.1 Å². The summed E-state index contributed by atoms with van der Waals surface area (Å²) in [6.45, 7) is 3.82. The van der Waals surface area contributed by atoms with Gasteiger partial charge >= 0.3 is 0 Å². The van der Waals surface area contributed by atoms with Crippen LogP contribution in [0.5, 0.6) is 5.75 Å². The van der Waals surface area contributed by atoms with Crippen LogP contribution >= 0.6 is 12.6 Å². The van der Waals surface area contributed by atoms with Crippen LogP contribution < -0.4 is 10.1 Å². The molecule has 1 atom stereocenters. The zero-order valence-corrected chi connectivity index (χ0v) is 10.1. The van der Waals surface area contributed by atoms with Gasteiger partial charge < -0.3 is 10.1 Å². The zero-order valence-electron chi connectivity index (χ0n) is 9.16. The lowest BCUT2D eigenvalue weighted by molar-refractivity contribution is -0.115. The van der Waals surface area contributed by atoms with Crippen LogP contribution in [0, 0.1) is 5.82 Å². The van der Waals surface area contributed by atoms with E-state index in [1.807, 2.05) is 0 Å². The number of anilines is 1. The number of nitrogens with one attached hydrogen (secondary N) is 1. The van der Waals surface area contributed by atoms with Crippen molar-refractivity contribution >= 4 is 24.2 Å². The van der Waals surface area contributed by atoms with Gasteiger partial charge in [0.15, 0.2) is 11.6 Å². The number of carbonyl (C=O) groups excluding carboxylic acids is 1. The summed E-state index contributed by atoms with van der Waals surface area (Å²) in [6, 6.07) is 4.29. The van der Waals surface area contributed by atoms with Gasteiger partial charge in [-0.2, -0.15) is 12.6 Å². The highest BCUT2D eigenvalue weighted by Crippen LogP contribution is 2.21. The lowest BCUT2D eigenvalue weighted by atomic mass is 10.2. The van der Waals surface area contributed by atoms with E-state index >= 15 is 0 Å². The maximum Gasteiger partial charge on any atom is 0.236 e. The van der Waals surface area contributed by atoms with Gasteiger partial charge in [-0.3, -0.25) is 4.79 Å². The predicted molar refractivity (Wildman–Crippen MR) is 64.6 cm³/mol. The molecule has 1 rings (SSSR count). The van der Waals surface area contributed by atoms with Crippen LogP contribution in [0.25, 0.3) is 0 Å². The molecule has 0 bridgehead atoms. The van der Waals surface area contributed by atoms with E-state index in [4.69, 9.17) is 4.74 Å². The molecule has 16 heavy (non-hydrogen) atoms. The highest BCUT2D eigenvalue weighted by molar-refractivity contribution is 7.81. The summed E-state index contributed by atoms with van der Waals surface area (Å²) in [4.78, 5) is 11.3. The molecular weight excluding hydrogens is 229 g/mol.